The fourth-order valence-electron chi connectivity index (χ4n) is 1.40. The third-order valence-electron chi connectivity index (χ3n) is 2.57. The van der Waals surface area contributed by atoms with Crippen LogP contribution in [-0.4, -0.2) is 37.5 Å². The Balaban J connectivity index is 2.44. The van der Waals surface area contributed by atoms with Crippen molar-refractivity contribution in [1.82, 2.24) is 4.90 Å². The molecular weight excluding hydrogens is 298 g/mol. The molecule has 0 unspecified atom stereocenters. The second-order valence-corrected chi connectivity index (χ2v) is 4.86. The Kier molecular flexibility index (Phi) is 5.85. The molecule has 4 nitrogen and oxygen atoms in total. The Bertz CT molecular complexity index is 417. The van der Waals surface area contributed by atoms with Crippen LogP contribution in [0.5, 0.6) is 0 Å². The first-order valence-electron chi connectivity index (χ1n) is 5.58. The van der Waals surface area contributed by atoms with Crippen molar-refractivity contribution < 1.29 is 14.3 Å². The van der Waals surface area contributed by atoms with Crippen molar-refractivity contribution in [3.8, 4) is 0 Å². The van der Waals surface area contributed by atoms with Crippen LogP contribution in [0.15, 0.2) is 28.7 Å². The zero-order chi connectivity index (χ0) is 13.5. The van der Waals surface area contributed by atoms with E-state index in [4.69, 9.17) is 0 Å². The molecule has 98 valence electrons. The minimum absolute atomic E-state index is 0.0128. The van der Waals surface area contributed by atoms with Crippen LogP contribution < -0.4 is 0 Å². The van der Waals surface area contributed by atoms with Gasteiger partial charge in [0.25, 0.3) is 0 Å². The van der Waals surface area contributed by atoms with Crippen molar-refractivity contribution in [2.24, 2.45) is 0 Å². The largest absolute Gasteiger partial charge is 0.469 e. The van der Waals surface area contributed by atoms with E-state index in [1.165, 1.54) is 7.11 Å². The van der Waals surface area contributed by atoms with Crippen molar-refractivity contribution >= 4 is 27.8 Å². The highest BCUT2D eigenvalue weighted by molar-refractivity contribution is 9.10. The Morgan fingerprint density at radius 1 is 1.28 bits per heavy atom. The SMILES string of the molecule is COC(=O)CCN(C)C(=O)Cc1ccc(Br)cc1. The molecule has 0 saturated carbocycles. The van der Waals surface area contributed by atoms with Gasteiger partial charge in [0.1, 0.15) is 0 Å². The molecule has 0 heterocycles. The predicted molar refractivity (Wildman–Crippen MR) is 72.1 cm³/mol. The van der Waals surface area contributed by atoms with E-state index in [2.05, 4.69) is 20.7 Å². The average Bonchev–Trinajstić information content (AvgIpc) is 2.38. The molecule has 0 aliphatic rings. The Morgan fingerprint density at radius 3 is 2.44 bits per heavy atom. The van der Waals surface area contributed by atoms with Gasteiger partial charge in [-0.1, -0.05) is 28.1 Å². The van der Waals surface area contributed by atoms with Gasteiger partial charge in [-0.15, -0.1) is 0 Å². The summed E-state index contributed by atoms with van der Waals surface area (Å²) >= 11 is 3.34. The molecule has 0 bridgehead atoms. The van der Waals surface area contributed by atoms with Crippen molar-refractivity contribution in [3.63, 3.8) is 0 Å². The maximum atomic E-state index is 11.9. The van der Waals surface area contributed by atoms with Crippen molar-refractivity contribution in [2.45, 2.75) is 12.8 Å². The molecule has 0 aromatic heterocycles. The summed E-state index contributed by atoms with van der Waals surface area (Å²) in [5.74, 6) is -0.320. The summed E-state index contributed by atoms with van der Waals surface area (Å²) in [7, 11) is 3.02. The van der Waals surface area contributed by atoms with E-state index in [9.17, 15) is 9.59 Å². The van der Waals surface area contributed by atoms with E-state index in [0.717, 1.165) is 10.0 Å². The molecule has 0 aliphatic heterocycles. The molecule has 5 heteroatoms. The molecule has 0 atom stereocenters. The number of likely N-dealkylation sites (N-methyl/N-ethyl adjacent to an activating group) is 1. The van der Waals surface area contributed by atoms with Crippen LogP contribution in [0.3, 0.4) is 0 Å². The topological polar surface area (TPSA) is 46.6 Å². The van der Waals surface area contributed by atoms with Crippen molar-refractivity contribution in [2.75, 3.05) is 20.7 Å². The number of benzene rings is 1. The Hall–Kier alpha value is -1.36. The van der Waals surface area contributed by atoms with E-state index >= 15 is 0 Å². The van der Waals surface area contributed by atoms with Crippen LogP contribution in [0, 0.1) is 0 Å². The normalized spacial score (nSPS) is 9.94. The average molecular weight is 314 g/mol. The minimum Gasteiger partial charge on any atom is -0.469 e. The van der Waals surface area contributed by atoms with E-state index in [1.807, 2.05) is 24.3 Å². The van der Waals surface area contributed by atoms with Gasteiger partial charge in [0, 0.05) is 18.1 Å². The molecule has 1 aromatic rings. The Labute approximate surface area is 115 Å². The maximum Gasteiger partial charge on any atom is 0.307 e. The minimum atomic E-state index is -0.307. The van der Waals surface area contributed by atoms with Gasteiger partial charge < -0.3 is 9.64 Å². The fraction of sp³-hybridized carbons (Fsp3) is 0.385. The van der Waals surface area contributed by atoms with E-state index in [0.29, 0.717) is 13.0 Å². The first kappa shape index (κ1) is 14.7. The molecular formula is C13H16BrNO3. The van der Waals surface area contributed by atoms with Gasteiger partial charge >= 0.3 is 5.97 Å². The summed E-state index contributed by atoms with van der Waals surface area (Å²) in [6.07, 6.45) is 0.560. The number of halogens is 1. The molecule has 0 saturated heterocycles. The molecule has 0 N–H and O–H groups in total. The number of esters is 1. The third-order valence-corrected chi connectivity index (χ3v) is 3.10. The van der Waals surface area contributed by atoms with Crippen LogP contribution >= 0.6 is 15.9 Å². The molecule has 0 aliphatic carbocycles. The highest BCUT2D eigenvalue weighted by atomic mass is 79.9. The lowest BCUT2D eigenvalue weighted by Gasteiger charge is -2.16. The van der Waals surface area contributed by atoms with Gasteiger partial charge in [-0.3, -0.25) is 9.59 Å². The zero-order valence-electron chi connectivity index (χ0n) is 10.5. The van der Waals surface area contributed by atoms with Gasteiger partial charge in [-0.2, -0.15) is 0 Å². The molecule has 18 heavy (non-hydrogen) atoms. The van der Waals surface area contributed by atoms with Crippen molar-refractivity contribution in [1.29, 1.82) is 0 Å². The lowest BCUT2D eigenvalue weighted by atomic mass is 10.1. The molecule has 0 radical (unpaired) electrons. The summed E-state index contributed by atoms with van der Waals surface area (Å²) < 4.78 is 5.51. The van der Waals surface area contributed by atoms with Gasteiger partial charge in [-0.25, -0.2) is 0 Å². The molecule has 1 amide bonds. The number of carbonyl (C=O) groups is 2. The summed E-state index contributed by atoms with van der Waals surface area (Å²) in [5, 5.41) is 0. The van der Waals surface area contributed by atoms with Crippen LogP contribution in [0.25, 0.3) is 0 Å². The third kappa shape index (κ3) is 4.87. The van der Waals surface area contributed by atoms with Crippen LogP contribution in [0.4, 0.5) is 0 Å². The van der Waals surface area contributed by atoms with E-state index in [1.54, 1.807) is 11.9 Å². The number of nitrogens with zero attached hydrogens (tertiary/aromatic N) is 1. The first-order valence-corrected chi connectivity index (χ1v) is 6.37. The number of rotatable bonds is 5. The molecule has 1 rings (SSSR count). The monoisotopic (exact) mass is 313 g/mol. The number of methoxy groups -OCH3 is 1. The van der Waals surface area contributed by atoms with Gasteiger partial charge in [0.15, 0.2) is 0 Å². The lowest BCUT2D eigenvalue weighted by molar-refractivity contribution is -0.141. The zero-order valence-corrected chi connectivity index (χ0v) is 12.1. The Morgan fingerprint density at radius 2 is 1.89 bits per heavy atom. The summed E-state index contributed by atoms with van der Waals surface area (Å²) in [6.45, 7) is 0.377. The number of carbonyl (C=O) groups excluding carboxylic acids is 2. The van der Waals surface area contributed by atoms with Gasteiger partial charge in [0.2, 0.25) is 5.91 Å². The quantitative estimate of drug-likeness (QED) is 0.781. The maximum absolute atomic E-state index is 11.9. The van der Waals surface area contributed by atoms with Crippen LogP contribution in [0.2, 0.25) is 0 Å². The number of hydrogen-bond acceptors (Lipinski definition) is 3. The standard InChI is InChI=1S/C13H16BrNO3/c1-15(8-7-13(17)18-2)12(16)9-10-3-5-11(14)6-4-10/h3-6H,7-9H2,1-2H3. The fourth-order valence-corrected chi connectivity index (χ4v) is 1.66. The lowest BCUT2D eigenvalue weighted by Crippen LogP contribution is -2.30. The number of hydrogen-bond donors (Lipinski definition) is 0. The van der Waals surface area contributed by atoms with E-state index in [-0.39, 0.29) is 18.3 Å². The van der Waals surface area contributed by atoms with E-state index < -0.39 is 0 Å². The summed E-state index contributed by atoms with van der Waals surface area (Å²) in [4.78, 5) is 24.4. The summed E-state index contributed by atoms with van der Waals surface area (Å²) in [6, 6.07) is 7.60. The first-order chi connectivity index (χ1) is 8.52. The predicted octanol–water partition coefficient (Wildman–Crippen LogP) is 2.01. The number of amides is 1. The van der Waals surface area contributed by atoms with Crippen molar-refractivity contribution in [3.05, 3.63) is 34.3 Å². The second kappa shape index (κ2) is 7.16. The number of ether oxygens (including phenoxy) is 1. The van der Waals surface area contributed by atoms with Crippen LogP contribution in [-0.2, 0) is 20.7 Å². The molecule has 0 fully saturated rings. The van der Waals surface area contributed by atoms with Crippen LogP contribution in [0.1, 0.15) is 12.0 Å². The highest BCUT2D eigenvalue weighted by Crippen LogP contribution is 2.11. The van der Waals surface area contributed by atoms with Gasteiger partial charge in [-0.05, 0) is 17.7 Å². The second-order valence-electron chi connectivity index (χ2n) is 3.94. The summed E-state index contributed by atoms with van der Waals surface area (Å²) in [5.41, 5.74) is 0.952. The molecule has 1 aromatic carbocycles. The molecule has 0 spiro atoms. The highest BCUT2D eigenvalue weighted by Gasteiger charge is 2.11. The smallest absolute Gasteiger partial charge is 0.307 e. The van der Waals surface area contributed by atoms with Gasteiger partial charge in [0.05, 0.1) is 20.0 Å².